The zero-order valence-corrected chi connectivity index (χ0v) is 10.6. The van der Waals surface area contributed by atoms with Crippen molar-refractivity contribution in [2.45, 2.75) is 6.42 Å². The highest BCUT2D eigenvalue weighted by molar-refractivity contribution is 6.06. The van der Waals surface area contributed by atoms with Crippen LogP contribution in [0.2, 0.25) is 0 Å². The van der Waals surface area contributed by atoms with Crippen LogP contribution in [0.25, 0.3) is 0 Å². The molecular formula is C15H13FN2O2. The Morgan fingerprint density at radius 2 is 2.10 bits per heavy atom. The molecule has 0 atom stereocenters. The fourth-order valence-corrected chi connectivity index (χ4v) is 2.27. The summed E-state index contributed by atoms with van der Waals surface area (Å²) in [7, 11) is 0. The van der Waals surface area contributed by atoms with Gasteiger partial charge in [-0.15, -0.1) is 0 Å². The Morgan fingerprint density at radius 1 is 1.25 bits per heavy atom. The van der Waals surface area contributed by atoms with Crippen LogP contribution in [0.1, 0.15) is 15.9 Å². The van der Waals surface area contributed by atoms with Gasteiger partial charge in [-0.25, -0.2) is 4.39 Å². The number of phenolic OH excluding ortho intramolecular Hbond substituents is 1. The molecule has 2 aromatic rings. The average Bonchev–Trinajstić information content (AvgIpc) is 2.89. The van der Waals surface area contributed by atoms with E-state index < -0.39 is 11.7 Å². The Labute approximate surface area is 115 Å². The van der Waals surface area contributed by atoms with Crippen molar-refractivity contribution in [2.75, 3.05) is 17.2 Å². The van der Waals surface area contributed by atoms with E-state index >= 15 is 0 Å². The fourth-order valence-electron chi connectivity index (χ4n) is 2.27. The molecule has 4 nitrogen and oxygen atoms in total. The van der Waals surface area contributed by atoms with Crippen molar-refractivity contribution in [3.8, 4) is 5.75 Å². The average molecular weight is 272 g/mol. The lowest BCUT2D eigenvalue weighted by Gasteiger charge is -2.08. The van der Waals surface area contributed by atoms with Gasteiger partial charge in [0, 0.05) is 17.9 Å². The smallest absolute Gasteiger partial charge is 0.259 e. The summed E-state index contributed by atoms with van der Waals surface area (Å²) in [6.07, 6.45) is 0.907. The van der Waals surface area contributed by atoms with Crippen LogP contribution in [0.4, 0.5) is 15.8 Å². The van der Waals surface area contributed by atoms with Crippen LogP contribution < -0.4 is 10.6 Å². The Hall–Kier alpha value is -2.56. The maximum absolute atomic E-state index is 13.1. The second-order valence-electron chi connectivity index (χ2n) is 4.66. The summed E-state index contributed by atoms with van der Waals surface area (Å²) in [6, 6.07) is 8.82. The molecule has 0 bridgehead atoms. The van der Waals surface area contributed by atoms with Gasteiger partial charge in [-0.05, 0) is 48.4 Å². The Bertz CT molecular complexity index is 686. The predicted octanol–water partition coefficient (Wildman–Crippen LogP) is 2.75. The second kappa shape index (κ2) is 4.85. The Kier molecular flexibility index (Phi) is 3.02. The van der Waals surface area contributed by atoms with E-state index in [1.807, 2.05) is 12.1 Å². The molecule has 1 amide bonds. The molecule has 0 aliphatic carbocycles. The number of halogens is 1. The highest BCUT2D eigenvalue weighted by Crippen LogP contribution is 2.26. The fraction of sp³-hybridized carbons (Fsp3) is 0.133. The largest absolute Gasteiger partial charge is 0.507 e. The van der Waals surface area contributed by atoms with E-state index in [1.54, 1.807) is 6.07 Å². The van der Waals surface area contributed by atoms with E-state index in [0.717, 1.165) is 42.4 Å². The minimum Gasteiger partial charge on any atom is -0.507 e. The maximum Gasteiger partial charge on any atom is 0.259 e. The summed E-state index contributed by atoms with van der Waals surface area (Å²) in [5.41, 5.74) is 2.74. The van der Waals surface area contributed by atoms with E-state index in [-0.39, 0.29) is 11.3 Å². The van der Waals surface area contributed by atoms with Gasteiger partial charge in [-0.3, -0.25) is 4.79 Å². The Balaban J connectivity index is 1.84. The highest BCUT2D eigenvalue weighted by Gasteiger charge is 2.14. The summed E-state index contributed by atoms with van der Waals surface area (Å²) in [5.74, 6) is -1.34. The number of nitrogens with one attached hydrogen (secondary N) is 2. The van der Waals surface area contributed by atoms with Gasteiger partial charge < -0.3 is 15.7 Å². The van der Waals surface area contributed by atoms with Crippen molar-refractivity contribution in [2.24, 2.45) is 0 Å². The quantitative estimate of drug-likeness (QED) is 0.787. The number of phenols is 1. The SMILES string of the molecule is O=C(Nc1ccc2c(c1)CCN2)c1cc(F)ccc1O. The first-order chi connectivity index (χ1) is 9.63. The van der Waals surface area contributed by atoms with Crippen LogP contribution in [-0.2, 0) is 6.42 Å². The van der Waals surface area contributed by atoms with Crippen LogP contribution in [0.5, 0.6) is 5.75 Å². The first-order valence-electron chi connectivity index (χ1n) is 6.30. The minimum absolute atomic E-state index is 0.0800. The van der Waals surface area contributed by atoms with Crippen LogP contribution in [-0.4, -0.2) is 17.6 Å². The molecule has 20 heavy (non-hydrogen) atoms. The molecule has 102 valence electrons. The molecule has 0 spiro atoms. The van der Waals surface area contributed by atoms with Crippen LogP contribution >= 0.6 is 0 Å². The lowest BCUT2D eigenvalue weighted by molar-refractivity contribution is 0.102. The van der Waals surface area contributed by atoms with Crippen molar-refractivity contribution < 1.29 is 14.3 Å². The van der Waals surface area contributed by atoms with Gasteiger partial charge in [0.05, 0.1) is 5.56 Å². The topological polar surface area (TPSA) is 61.4 Å². The van der Waals surface area contributed by atoms with Gasteiger partial charge in [-0.1, -0.05) is 0 Å². The lowest BCUT2D eigenvalue weighted by Crippen LogP contribution is -2.12. The number of anilines is 2. The van der Waals surface area contributed by atoms with E-state index in [2.05, 4.69) is 10.6 Å². The molecule has 0 unspecified atom stereocenters. The number of hydrogen-bond donors (Lipinski definition) is 3. The van der Waals surface area contributed by atoms with E-state index in [9.17, 15) is 14.3 Å². The first kappa shape index (κ1) is 12.5. The Morgan fingerprint density at radius 3 is 2.95 bits per heavy atom. The molecular weight excluding hydrogens is 259 g/mol. The third kappa shape index (κ3) is 2.30. The summed E-state index contributed by atoms with van der Waals surface area (Å²) in [6.45, 7) is 0.886. The molecule has 0 saturated carbocycles. The monoisotopic (exact) mass is 272 g/mol. The number of benzene rings is 2. The number of carbonyl (C=O) groups is 1. The predicted molar refractivity (Wildman–Crippen MR) is 74.7 cm³/mol. The molecule has 0 saturated heterocycles. The van der Waals surface area contributed by atoms with Crippen molar-refractivity contribution in [3.05, 3.63) is 53.3 Å². The van der Waals surface area contributed by atoms with E-state index in [0.29, 0.717) is 5.69 Å². The number of rotatable bonds is 2. The van der Waals surface area contributed by atoms with Crippen LogP contribution in [0, 0.1) is 5.82 Å². The third-order valence-electron chi connectivity index (χ3n) is 3.28. The van der Waals surface area contributed by atoms with Crippen molar-refractivity contribution in [3.63, 3.8) is 0 Å². The molecule has 2 aromatic carbocycles. The number of aromatic hydroxyl groups is 1. The molecule has 3 N–H and O–H groups in total. The zero-order valence-electron chi connectivity index (χ0n) is 10.6. The van der Waals surface area contributed by atoms with Crippen molar-refractivity contribution >= 4 is 17.3 Å². The number of amides is 1. The molecule has 3 rings (SSSR count). The van der Waals surface area contributed by atoms with Crippen molar-refractivity contribution in [1.82, 2.24) is 0 Å². The second-order valence-corrected chi connectivity index (χ2v) is 4.66. The summed E-state index contributed by atoms with van der Waals surface area (Å²) in [5, 5.41) is 15.5. The minimum atomic E-state index is -0.564. The molecule has 0 radical (unpaired) electrons. The van der Waals surface area contributed by atoms with Crippen molar-refractivity contribution in [1.29, 1.82) is 0 Å². The number of hydrogen-bond acceptors (Lipinski definition) is 3. The van der Waals surface area contributed by atoms with Gasteiger partial charge in [0.1, 0.15) is 11.6 Å². The lowest BCUT2D eigenvalue weighted by atomic mass is 10.1. The van der Waals surface area contributed by atoms with Gasteiger partial charge >= 0.3 is 0 Å². The van der Waals surface area contributed by atoms with Crippen LogP contribution in [0.3, 0.4) is 0 Å². The first-order valence-corrected chi connectivity index (χ1v) is 6.30. The normalized spacial score (nSPS) is 12.7. The third-order valence-corrected chi connectivity index (χ3v) is 3.28. The molecule has 1 aliphatic heterocycles. The van der Waals surface area contributed by atoms with Crippen LogP contribution in [0.15, 0.2) is 36.4 Å². The standard InChI is InChI=1S/C15H13FN2O2/c16-10-1-4-14(19)12(8-10)15(20)18-11-2-3-13-9(7-11)5-6-17-13/h1-4,7-8,17,19H,5-6H2,(H,18,20). The molecule has 1 heterocycles. The molecule has 0 aromatic heterocycles. The maximum atomic E-state index is 13.1. The van der Waals surface area contributed by atoms with E-state index in [1.165, 1.54) is 0 Å². The summed E-state index contributed by atoms with van der Waals surface area (Å²) < 4.78 is 13.1. The van der Waals surface area contributed by atoms with Gasteiger partial charge in [-0.2, -0.15) is 0 Å². The zero-order chi connectivity index (χ0) is 14.1. The summed E-state index contributed by atoms with van der Waals surface area (Å²) in [4.78, 5) is 12.0. The van der Waals surface area contributed by atoms with Gasteiger partial charge in [0.25, 0.3) is 5.91 Å². The van der Waals surface area contributed by atoms with E-state index in [4.69, 9.17) is 0 Å². The number of fused-ring (bicyclic) bond motifs is 1. The number of carbonyl (C=O) groups excluding carboxylic acids is 1. The molecule has 1 aliphatic rings. The summed E-state index contributed by atoms with van der Waals surface area (Å²) >= 11 is 0. The molecule has 5 heteroatoms. The molecule has 0 fully saturated rings. The highest BCUT2D eigenvalue weighted by atomic mass is 19.1. The van der Waals surface area contributed by atoms with Gasteiger partial charge in [0.15, 0.2) is 0 Å². The van der Waals surface area contributed by atoms with Gasteiger partial charge in [0.2, 0.25) is 0 Å².